The highest BCUT2D eigenvalue weighted by molar-refractivity contribution is 6.31. The van der Waals surface area contributed by atoms with E-state index in [9.17, 15) is 14.0 Å². The minimum atomic E-state index is -0.587. The Morgan fingerprint density at radius 2 is 1.75 bits per heavy atom. The van der Waals surface area contributed by atoms with Gasteiger partial charge in [-0.2, -0.15) is 0 Å². The van der Waals surface area contributed by atoms with Crippen molar-refractivity contribution >= 4 is 23.5 Å². The van der Waals surface area contributed by atoms with Gasteiger partial charge in [0.05, 0.1) is 5.56 Å². The molecule has 24 heavy (non-hydrogen) atoms. The highest BCUT2D eigenvalue weighted by atomic mass is 35.5. The maximum Gasteiger partial charge on any atom is 0.317 e. The Bertz CT molecular complexity index is 631. The molecule has 1 aromatic rings. The van der Waals surface area contributed by atoms with Crippen LogP contribution in [0.15, 0.2) is 18.2 Å². The Hall–Kier alpha value is -1.82. The van der Waals surface area contributed by atoms with E-state index in [4.69, 9.17) is 11.6 Å². The lowest BCUT2D eigenvalue weighted by atomic mass is 10.1. The van der Waals surface area contributed by atoms with Crippen LogP contribution < -0.4 is 5.32 Å². The third-order valence-corrected chi connectivity index (χ3v) is 3.95. The fraction of sp³-hybridized carbons (Fsp3) is 0.529. The van der Waals surface area contributed by atoms with Gasteiger partial charge in [-0.25, -0.2) is 9.18 Å². The summed E-state index contributed by atoms with van der Waals surface area (Å²) >= 11 is 5.86. The van der Waals surface area contributed by atoms with E-state index in [1.54, 1.807) is 9.80 Å². The lowest BCUT2D eigenvalue weighted by Crippen LogP contribution is -2.49. The molecular formula is C17H23ClFN3O2. The van der Waals surface area contributed by atoms with Gasteiger partial charge in [0.25, 0.3) is 5.91 Å². The molecule has 1 saturated heterocycles. The summed E-state index contributed by atoms with van der Waals surface area (Å²) in [5.41, 5.74) is -0.349. The standard InChI is InChI=1S/C17H23ClFN3O2/c1-17(2,3)20-16(24)22-8-4-7-21(9-10-22)15(23)13-11-12(18)5-6-14(13)19/h5-6,11H,4,7-10H2,1-3H3,(H,20,24). The fourth-order valence-corrected chi connectivity index (χ4v) is 2.73. The van der Waals surface area contributed by atoms with Gasteiger partial charge in [0.2, 0.25) is 0 Å². The molecule has 0 saturated carbocycles. The molecule has 132 valence electrons. The number of carbonyl (C=O) groups excluding carboxylic acids is 2. The zero-order valence-electron chi connectivity index (χ0n) is 14.2. The van der Waals surface area contributed by atoms with Crippen molar-refractivity contribution in [1.82, 2.24) is 15.1 Å². The first-order valence-corrected chi connectivity index (χ1v) is 8.36. The van der Waals surface area contributed by atoms with Crippen LogP contribution in [0.2, 0.25) is 5.02 Å². The second-order valence-electron chi connectivity index (χ2n) is 6.94. The van der Waals surface area contributed by atoms with E-state index in [2.05, 4.69) is 5.32 Å². The van der Waals surface area contributed by atoms with Crippen LogP contribution in [0, 0.1) is 5.82 Å². The van der Waals surface area contributed by atoms with Crippen LogP contribution in [-0.2, 0) is 0 Å². The molecule has 0 aliphatic carbocycles. The quantitative estimate of drug-likeness (QED) is 0.841. The number of hydrogen-bond acceptors (Lipinski definition) is 2. The highest BCUT2D eigenvalue weighted by Crippen LogP contribution is 2.18. The largest absolute Gasteiger partial charge is 0.337 e. The molecule has 1 aliphatic heterocycles. The molecule has 1 fully saturated rings. The van der Waals surface area contributed by atoms with Gasteiger partial charge in [0.15, 0.2) is 0 Å². The topological polar surface area (TPSA) is 52.7 Å². The molecule has 0 spiro atoms. The summed E-state index contributed by atoms with van der Waals surface area (Å²) in [7, 11) is 0. The first-order valence-electron chi connectivity index (χ1n) is 7.99. The number of nitrogens with zero attached hydrogens (tertiary/aromatic N) is 2. The van der Waals surface area contributed by atoms with Gasteiger partial charge < -0.3 is 15.1 Å². The maximum absolute atomic E-state index is 13.9. The smallest absolute Gasteiger partial charge is 0.317 e. The second-order valence-corrected chi connectivity index (χ2v) is 7.37. The summed E-state index contributed by atoms with van der Waals surface area (Å²) in [6.45, 7) is 7.56. The van der Waals surface area contributed by atoms with Crippen molar-refractivity contribution in [2.75, 3.05) is 26.2 Å². The van der Waals surface area contributed by atoms with Crippen molar-refractivity contribution in [3.63, 3.8) is 0 Å². The Labute approximate surface area is 146 Å². The summed E-state index contributed by atoms with van der Waals surface area (Å²) < 4.78 is 13.9. The summed E-state index contributed by atoms with van der Waals surface area (Å²) in [6, 6.07) is 3.80. The third kappa shape index (κ3) is 4.84. The van der Waals surface area contributed by atoms with Crippen LogP contribution >= 0.6 is 11.6 Å². The summed E-state index contributed by atoms with van der Waals surface area (Å²) in [6.07, 6.45) is 0.644. The minimum absolute atomic E-state index is 0.0323. The molecule has 5 nitrogen and oxygen atoms in total. The number of amides is 3. The van der Waals surface area contributed by atoms with Crippen molar-refractivity contribution in [1.29, 1.82) is 0 Å². The van der Waals surface area contributed by atoms with Crippen LogP contribution in [0.1, 0.15) is 37.6 Å². The van der Waals surface area contributed by atoms with Crippen LogP contribution in [0.25, 0.3) is 0 Å². The Balaban J connectivity index is 2.04. The number of urea groups is 1. The summed E-state index contributed by atoms with van der Waals surface area (Å²) in [5.74, 6) is -0.982. The Morgan fingerprint density at radius 3 is 2.42 bits per heavy atom. The first-order chi connectivity index (χ1) is 11.2. The van der Waals surface area contributed by atoms with Gasteiger partial charge in [0.1, 0.15) is 5.82 Å². The SMILES string of the molecule is CC(C)(C)NC(=O)N1CCCN(C(=O)c2cc(Cl)ccc2F)CC1. The monoisotopic (exact) mass is 355 g/mol. The van der Waals surface area contributed by atoms with Crippen LogP contribution in [-0.4, -0.2) is 53.5 Å². The molecule has 0 unspecified atom stereocenters. The van der Waals surface area contributed by atoms with Crippen molar-refractivity contribution in [2.24, 2.45) is 0 Å². The number of carbonyl (C=O) groups is 2. The maximum atomic E-state index is 13.9. The Kier molecular flexibility index (Phi) is 5.70. The van der Waals surface area contributed by atoms with E-state index < -0.39 is 11.7 Å². The van der Waals surface area contributed by atoms with E-state index in [1.807, 2.05) is 20.8 Å². The van der Waals surface area contributed by atoms with Crippen LogP contribution in [0.5, 0.6) is 0 Å². The van der Waals surface area contributed by atoms with Crippen molar-refractivity contribution < 1.29 is 14.0 Å². The predicted octanol–water partition coefficient (Wildman–Crippen LogP) is 3.14. The van der Waals surface area contributed by atoms with Gasteiger partial charge in [-0.05, 0) is 45.4 Å². The molecule has 1 N–H and O–H groups in total. The van der Waals surface area contributed by atoms with Crippen LogP contribution in [0.3, 0.4) is 0 Å². The number of benzene rings is 1. The molecule has 1 heterocycles. The summed E-state index contributed by atoms with van der Waals surface area (Å²) in [4.78, 5) is 28.0. The van der Waals surface area contributed by atoms with E-state index in [-0.39, 0.29) is 17.1 Å². The average Bonchev–Trinajstić information content (AvgIpc) is 2.73. The van der Waals surface area contributed by atoms with E-state index in [0.717, 1.165) is 0 Å². The van der Waals surface area contributed by atoms with Gasteiger partial charge in [-0.15, -0.1) is 0 Å². The third-order valence-electron chi connectivity index (χ3n) is 3.71. The molecule has 2 rings (SSSR count). The van der Waals surface area contributed by atoms with Gasteiger partial charge in [-0.1, -0.05) is 11.6 Å². The first kappa shape index (κ1) is 18.5. The van der Waals surface area contributed by atoms with Crippen molar-refractivity contribution in [3.8, 4) is 0 Å². The molecule has 1 aromatic carbocycles. The lowest BCUT2D eigenvalue weighted by Gasteiger charge is -2.27. The van der Waals surface area contributed by atoms with Gasteiger partial charge in [-0.3, -0.25) is 4.79 Å². The average molecular weight is 356 g/mol. The Morgan fingerprint density at radius 1 is 1.12 bits per heavy atom. The highest BCUT2D eigenvalue weighted by Gasteiger charge is 2.26. The van der Waals surface area contributed by atoms with Crippen LogP contribution in [0.4, 0.5) is 9.18 Å². The number of halogens is 2. The number of rotatable bonds is 1. The molecule has 1 aliphatic rings. The fourth-order valence-electron chi connectivity index (χ4n) is 2.56. The van der Waals surface area contributed by atoms with E-state index >= 15 is 0 Å². The van der Waals surface area contributed by atoms with E-state index in [0.29, 0.717) is 37.6 Å². The minimum Gasteiger partial charge on any atom is -0.337 e. The molecule has 3 amide bonds. The molecular weight excluding hydrogens is 333 g/mol. The van der Waals surface area contributed by atoms with Gasteiger partial charge >= 0.3 is 6.03 Å². The zero-order chi connectivity index (χ0) is 17.9. The molecule has 0 aromatic heterocycles. The molecule has 0 atom stereocenters. The van der Waals surface area contributed by atoms with E-state index in [1.165, 1.54) is 18.2 Å². The lowest BCUT2D eigenvalue weighted by molar-refractivity contribution is 0.0757. The molecule has 0 radical (unpaired) electrons. The molecule has 7 heteroatoms. The molecule has 0 bridgehead atoms. The van der Waals surface area contributed by atoms with Crippen molar-refractivity contribution in [2.45, 2.75) is 32.7 Å². The zero-order valence-corrected chi connectivity index (χ0v) is 15.0. The summed E-state index contributed by atoms with van der Waals surface area (Å²) in [5, 5.41) is 3.24. The van der Waals surface area contributed by atoms with Gasteiger partial charge in [0, 0.05) is 36.7 Å². The predicted molar refractivity (Wildman–Crippen MR) is 91.8 cm³/mol. The number of nitrogens with one attached hydrogen (secondary N) is 1. The second kappa shape index (κ2) is 7.38. The normalized spacial score (nSPS) is 15.9. The van der Waals surface area contributed by atoms with Crippen molar-refractivity contribution in [3.05, 3.63) is 34.6 Å². The number of hydrogen-bond donors (Lipinski definition) is 1.